The standard InChI is InChI=1S/C15H24N2O4/c1-5-6-7-8-11(2)16-12-9-14(20-3)15(21-4)10-13(12)17(18)19/h9-11,16H,5-8H2,1-4H3. The van der Waals surface area contributed by atoms with E-state index in [0.29, 0.717) is 17.2 Å². The van der Waals surface area contributed by atoms with E-state index in [4.69, 9.17) is 9.47 Å². The van der Waals surface area contributed by atoms with Crippen molar-refractivity contribution < 1.29 is 14.4 Å². The zero-order valence-electron chi connectivity index (χ0n) is 13.1. The number of benzene rings is 1. The van der Waals surface area contributed by atoms with Crippen LogP contribution in [0.15, 0.2) is 12.1 Å². The average Bonchev–Trinajstić information content (AvgIpc) is 2.46. The molecule has 0 aliphatic heterocycles. The Balaban J connectivity index is 2.95. The number of nitro groups is 1. The third-order valence-corrected chi connectivity index (χ3v) is 3.34. The SMILES string of the molecule is CCCCCC(C)Nc1cc(OC)c(OC)cc1[N+](=O)[O-]. The fraction of sp³-hybridized carbons (Fsp3) is 0.600. The van der Waals surface area contributed by atoms with Gasteiger partial charge in [0.15, 0.2) is 11.5 Å². The molecule has 0 saturated carbocycles. The van der Waals surface area contributed by atoms with Crippen LogP contribution in [0, 0.1) is 10.1 Å². The first-order valence-corrected chi connectivity index (χ1v) is 7.20. The number of methoxy groups -OCH3 is 2. The summed E-state index contributed by atoms with van der Waals surface area (Å²) in [6.45, 7) is 4.17. The molecule has 0 amide bonds. The van der Waals surface area contributed by atoms with Gasteiger partial charge in [0.2, 0.25) is 0 Å². The highest BCUT2D eigenvalue weighted by atomic mass is 16.6. The number of rotatable bonds is 9. The van der Waals surface area contributed by atoms with Gasteiger partial charge in [-0.2, -0.15) is 0 Å². The van der Waals surface area contributed by atoms with Gasteiger partial charge in [0, 0.05) is 12.1 Å². The summed E-state index contributed by atoms with van der Waals surface area (Å²) in [6.07, 6.45) is 4.40. The fourth-order valence-electron chi connectivity index (χ4n) is 2.17. The molecule has 1 N–H and O–H groups in total. The monoisotopic (exact) mass is 296 g/mol. The molecule has 1 aromatic carbocycles. The predicted octanol–water partition coefficient (Wildman–Crippen LogP) is 3.99. The van der Waals surface area contributed by atoms with Crippen LogP contribution >= 0.6 is 0 Å². The van der Waals surface area contributed by atoms with Crippen LogP contribution in [0.3, 0.4) is 0 Å². The Morgan fingerprint density at radius 1 is 1.24 bits per heavy atom. The van der Waals surface area contributed by atoms with Crippen molar-refractivity contribution in [3.63, 3.8) is 0 Å². The van der Waals surface area contributed by atoms with Crippen molar-refractivity contribution in [2.45, 2.75) is 45.6 Å². The maximum Gasteiger partial charge on any atom is 0.296 e. The molecule has 0 aliphatic rings. The van der Waals surface area contributed by atoms with E-state index < -0.39 is 4.92 Å². The molecule has 1 rings (SSSR count). The molecule has 1 aromatic rings. The molecule has 1 unspecified atom stereocenters. The van der Waals surface area contributed by atoms with Gasteiger partial charge in [0.25, 0.3) is 5.69 Å². The van der Waals surface area contributed by atoms with Crippen LogP contribution in [0.5, 0.6) is 11.5 Å². The normalized spacial score (nSPS) is 11.8. The number of nitrogens with one attached hydrogen (secondary N) is 1. The maximum absolute atomic E-state index is 11.2. The lowest BCUT2D eigenvalue weighted by Crippen LogP contribution is -2.16. The van der Waals surface area contributed by atoms with Crippen molar-refractivity contribution in [3.8, 4) is 11.5 Å². The van der Waals surface area contributed by atoms with Crippen LogP contribution in [0.2, 0.25) is 0 Å². The Hall–Kier alpha value is -1.98. The number of ether oxygens (including phenoxy) is 2. The zero-order valence-corrected chi connectivity index (χ0v) is 13.1. The van der Waals surface area contributed by atoms with E-state index in [1.54, 1.807) is 6.07 Å². The molecule has 0 fully saturated rings. The molecular weight excluding hydrogens is 272 g/mol. The first-order valence-electron chi connectivity index (χ1n) is 7.20. The van der Waals surface area contributed by atoms with Crippen LogP contribution in [0.4, 0.5) is 11.4 Å². The second-order valence-corrected chi connectivity index (χ2v) is 5.02. The van der Waals surface area contributed by atoms with Gasteiger partial charge in [-0.15, -0.1) is 0 Å². The molecule has 0 bridgehead atoms. The van der Waals surface area contributed by atoms with Crippen molar-refractivity contribution in [3.05, 3.63) is 22.2 Å². The van der Waals surface area contributed by atoms with E-state index in [2.05, 4.69) is 12.2 Å². The van der Waals surface area contributed by atoms with E-state index in [1.807, 2.05) is 6.92 Å². The Morgan fingerprint density at radius 2 is 1.86 bits per heavy atom. The summed E-state index contributed by atoms with van der Waals surface area (Å²) in [6, 6.07) is 3.17. The van der Waals surface area contributed by atoms with Crippen molar-refractivity contribution >= 4 is 11.4 Å². The van der Waals surface area contributed by atoms with Gasteiger partial charge in [-0.25, -0.2) is 0 Å². The molecule has 0 radical (unpaired) electrons. The van der Waals surface area contributed by atoms with Gasteiger partial charge in [0.05, 0.1) is 25.2 Å². The highest BCUT2D eigenvalue weighted by Crippen LogP contribution is 2.38. The first kappa shape index (κ1) is 17.1. The van der Waals surface area contributed by atoms with Gasteiger partial charge in [-0.3, -0.25) is 10.1 Å². The predicted molar refractivity (Wildman–Crippen MR) is 83.4 cm³/mol. The van der Waals surface area contributed by atoms with E-state index in [-0.39, 0.29) is 11.7 Å². The van der Waals surface area contributed by atoms with Gasteiger partial charge in [0.1, 0.15) is 5.69 Å². The number of unbranched alkanes of at least 4 members (excludes halogenated alkanes) is 2. The highest BCUT2D eigenvalue weighted by Gasteiger charge is 2.20. The van der Waals surface area contributed by atoms with Crippen LogP contribution in [0.1, 0.15) is 39.5 Å². The minimum atomic E-state index is -0.414. The van der Waals surface area contributed by atoms with Gasteiger partial charge < -0.3 is 14.8 Å². The Bertz CT molecular complexity index is 477. The molecule has 0 aromatic heterocycles. The second kappa shape index (κ2) is 8.34. The number of nitro benzene ring substituents is 1. The number of hydrogen-bond donors (Lipinski definition) is 1. The lowest BCUT2D eigenvalue weighted by atomic mass is 10.1. The van der Waals surface area contributed by atoms with Crippen LogP contribution in [0.25, 0.3) is 0 Å². The third-order valence-electron chi connectivity index (χ3n) is 3.34. The fourth-order valence-corrected chi connectivity index (χ4v) is 2.17. The maximum atomic E-state index is 11.2. The van der Waals surface area contributed by atoms with E-state index in [9.17, 15) is 10.1 Å². The molecule has 0 aliphatic carbocycles. The molecule has 0 spiro atoms. The summed E-state index contributed by atoms with van der Waals surface area (Å²) in [5, 5.41) is 14.4. The van der Waals surface area contributed by atoms with Gasteiger partial charge in [-0.05, 0) is 13.3 Å². The minimum absolute atomic E-state index is 0.00464. The van der Waals surface area contributed by atoms with Crippen molar-refractivity contribution in [2.75, 3.05) is 19.5 Å². The number of anilines is 1. The van der Waals surface area contributed by atoms with Crippen molar-refractivity contribution in [2.24, 2.45) is 0 Å². The van der Waals surface area contributed by atoms with Gasteiger partial charge in [-0.1, -0.05) is 26.2 Å². The van der Waals surface area contributed by atoms with Gasteiger partial charge >= 0.3 is 0 Å². The lowest BCUT2D eigenvalue weighted by Gasteiger charge is -2.17. The molecule has 21 heavy (non-hydrogen) atoms. The Kier molecular flexibility index (Phi) is 6.78. The zero-order chi connectivity index (χ0) is 15.8. The Morgan fingerprint density at radius 3 is 2.38 bits per heavy atom. The number of nitrogens with zero attached hydrogens (tertiary/aromatic N) is 1. The van der Waals surface area contributed by atoms with Crippen LogP contribution < -0.4 is 14.8 Å². The summed E-state index contributed by atoms with van der Waals surface area (Å²) >= 11 is 0. The molecule has 0 saturated heterocycles. The van der Waals surface area contributed by atoms with Crippen molar-refractivity contribution in [1.82, 2.24) is 0 Å². The minimum Gasteiger partial charge on any atom is -0.493 e. The average molecular weight is 296 g/mol. The number of hydrogen-bond acceptors (Lipinski definition) is 5. The molecule has 118 valence electrons. The molecule has 1 atom stereocenters. The first-order chi connectivity index (χ1) is 10.0. The summed E-state index contributed by atoms with van der Waals surface area (Å²) in [4.78, 5) is 10.8. The quantitative estimate of drug-likeness (QED) is 0.423. The molecule has 6 heteroatoms. The lowest BCUT2D eigenvalue weighted by molar-refractivity contribution is -0.384. The summed E-state index contributed by atoms with van der Waals surface area (Å²) in [7, 11) is 2.97. The third kappa shape index (κ3) is 4.81. The van der Waals surface area contributed by atoms with Crippen LogP contribution in [-0.4, -0.2) is 25.2 Å². The van der Waals surface area contributed by atoms with E-state index in [1.165, 1.54) is 26.7 Å². The Labute approximate surface area is 125 Å². The smallest absolute Gasteiger partial charge is 0.296 e. The molecular formula is C15H24N2O4. The van der Waals surface area contributed by atoms with E-state index in [0.717, 1.165) is 19.3 Å². The summed E-state index contributed by atoms with van der Waals surface area (Å²) in [5.74, 6) is 0.833. The summed E-state index contributed by atoms with van der Waals surface area (Å²) < 4.78 is 10.3. The highest BCUT2D eigenvalue weighted by molar-refractivity contribution is 5.68. The molecule has 0 heterocycles. The molecule has 6 nitrogen and oxygen atoms in total. The second-order valence-electron chi connectivity index (χ2n) is 5.02. The van der Waals surface area contributed by atoms with Crippen LogP contribution in [-0.2, 0) is 0 Å². The van der Waals surface area contributed by atoms with Crippen molar-refractivity contribution in [1.29, 1.82) is 0 Å². The van der Waals surface area contributed by atoms with E-state index >= 15 is 0 Å². The largest absolute Gasteiger partial charge is 0.493 e. The topological polar surface area (TPSA) is 73.6 Å². The summed E-state index contributed by atoms with van der Waals surface area (Å²) in [5.41, 5.74) is 0.455.